The average Bonchev–Trinajstić information content (AvgIpc) is 2.92. The summed E-state index contributed by atoms with van der Waals surface area (Å²) in [6.07, 6.45) is 0.593. The molecule has 1 atom stereocenters. The van der Waals surface area contributed by atoms with Gasteiger partial charge in [-0.05, 0) is 36.6 Å². The SMILES string of the molecule is CC(C)C[C@H](NCc1ccc(-c2ccc(Br)cc2)o1)C(=O)O. The van der Waals surface area contributed by atoms with Crippen molar-refractivity contribution in [1.29, 1.82) is 0 Å². The molecule has 0 radical (unpaired) electrons. The van der Waals surface area contributed by atoms with Gasteiger partial charge in [0.25, 0.3) is 0 Å². The Kier molecular flexibility index (Phi) is 5.80. The van der Waals surface area contributed by atoms with E-state index in [4.69, 9.17) is 4.42 Å². The van der Waals surface area contributed by atoms with Crippen molar-refractivity contribution in [3.8, 4) is 11.3 Å². The van der Waals surface area contributed by atoms with Gasteiger partial charge >= 0.3 is 5.97 Å². The quantitative estimate of drug-likeness (QED) is 0.767. The van der Waals surface area contributed by atoms with Gasteiger partial charge in [0.2, 0.25) is 0 Å². The fraction of sp³-hybridized carbons (Fsp3) is 0.353. The van der Waals surface area contributed by atoms with Gasteiger partial charge in [0.1, 0.15) is 17.6 Å². The second-order valence-corrected chi connectivity index (χ2v) is 6.59. The molecule has 2 aromatic rings. The predicted octanol–water partition coefficient (Wildman–Crippen LogP) is 4.30. The molecule has 118 valence electrons. The zero-order valence-electron chi connectivity index (χ0n) is 12.7. The maximum Gasteiger partial charge on any atom is 0.320 e. The Hall–Kier alpha value is -1.59. The lowest BCUT2D eigenvalue weighted by atomic mass is 10.0. The Bertz CT molecular complexity index is 619. The highest BCUT2D eigenvalue weighted by Gasteiger charge is 2.18. The Morgan fingerprint density at radius 3 is 2.50 bits per heavy atom. The van der Waals surface area contributed by atoms with Gasteiger partial charge in [-0.15, -0.1) is 0 Å². The molecule has 1 heterocycles. The monoisotopic (exact) mass is 365 g/mol. The van der Waals surface area contributed by atoms with E-state index in [9.17, 15) is 9.90 Å². The molecule has 0 unspecified atom stereocenters. The summed E-state index contributed by atoms with van der Waals surface area (Å²) in [5.74, 6) is 1.00. The van der Waals surface area contributed by atoms with E-state index in [1.165, 1.54) is 0 Å². The molecule has 0 aliphatic rings. The summed E-state index contributed by atoms with van der Waals surface area (Å²) in [5, 5.41) is 12.3. The molecule has 4 nitrogen and oxygen atoms in total. The highest BCUT2D eigenvalue weighted by atomic mass is 79.9. The molecular weight excluding hydrogens is 346 g/mol. The van der Waals surface area contributed by atoms with Crippen molar-refractivity contribution in [3.63, 3.8) is 0 Å². The first-order chi connectivity index (χ1) is 10.5. The molecule has 0 spiro atoms. The van der Waals surface area contributed by atoms with Gasteiger partial charge in [-0.3, -0.25) is 10.1 Å². The van der Waals surface area contributed by atoms with Crippen molar-refractivity contribution in [2.45, 2.75) is 32.9 Å². The highest BCUT2D eigenvalue weighted by Crippen LogP contribution is 2.24. The van der Waals surface area contributed by atoms with Crippen molar-refractivity contribution in [3.05, 3.63) is 46.6 Å². The van der Waals surface area contributed by atoms with E-state index in [0.717, 1.165) is 21.6 Å². The van der Waals surface area contributed by atoms with Crippen molar-refractivity contribution in [2.75, 3.05) is 0 Å². The van der Waals surface area contributed by atoms with E-state index < -0.39 is 12.0 Å². The third-order valence-corrected chi connectivity index (χ3v) is 3.85. The van der Waals surface area contributed by atoms with Crippen LogP contribution in [0.15, 0.2) is 45.3 Å². The van der Waals surface area contributed by atoms with Crippen molar-refractivity contribution in [2.24, 2.45) is 5.92 Å². The minimum absolute atomic E-state index is 0.323. The lowest BCUT2D eigenvalue weighted by Gasteiger charge is -2.15. The Labute approximate surface area is 138 Å². The van der Waals surface area contributed by atoms with Crippen molar-refractivity contribution >= 4 is 21.9 Å². The molecule has 1 aromatic heterocycles. The zero-order chi connectivity index (χ0) is 16.1. The topological polar surface area (TPSA) is 62.5 Å². The number of nitrogens with one attached hydrogen (secondary N) is 1. The lowest BCUT2D eigenvalue weighted by molar-refractivity contribution is -0.140. The largest absolute Gasteiger partial charge is 0.480 e. The van der Waals surface area contributed by atoms with Crippen LogP contribution in [-0.4, -0.2) is 17.1 Å². The first-order valence-electron chi connectivity index (χ1n) is 7.26. The second-order valence-electron chi connectivity index (χ2n) is 5.67. The number of carbonyl (C=O) groups is 1. The van der Waals surface area contributed by atoms with Crippen LogP contribution in [-0.2, 0) is 11.3 Å². The van der Waals surface area contributed by atoms with Crippen LogP contribution in [0.25, 0.3) is 11.3 Å². The molecule has 0 fully saturated rings. The number of rotatable bonds is 7. The van der Waals surface area contributed by atoms with Crippen molar-refractivity contribution < 1.29 is 14.3 Å². The maximum absolute atomic E-state index is 11.2. The summed E-state index contributed by atoms with van der Waals surface area (Å²) in [6.45, 7) is 4.42. The first-order valence-corrected chi connectivity index (χ1v) is 8.06. The number of hydrogen-bond acceptors (Lipinski definition) is 3. The third kappa shape index (κ3) is 4.71. The molecule has 0 saturated carbocycles. The van der Waals surface area contributed by atoms with Crippen LogP contribution in [0.5, 0.6) is 0 Å². The first kappa shape index (κ1) is 16.8. The summed E-state index contributed by atoms with van der Waals surface area (Å²) in [7, 11) is 0. The van der Waals surface area contributed by atoms with E-state index in [1.54, 1.807) is 0 Å². The van der Waals surface area contributed by atoms with Crippen LogP contribution in [0, 0.1) is 5.92 Å². The van der Waals surface area contributed by atoms with Gasteiger partial charge in [0, 0.05) is 10.0 Å². The molecule has 5 heteroatoms. The molecule has 0 amide bonds. The number of aliphatic carboxylic acids is 1. The molecule has 0 aliphatic carbocycles. The number of carboxylic acid groups (broad SMARTS) is 1. The number of hydrogen-bond donors (Lipinski definition) is 2. The fourth-order valence-corrected chi connectivity index (χ4v) is 2.47. The van der Waals surface area contributed by atoms with Gasteiger partial charge < -0.3 is 9.52 Å². The number of furan rings is 1. The third-order valence-electron chi connectivity index (χ3n) is 3.32. The summed E-state index contributed by atoms with van der Waals surface area (Å²) >= 11 is 3.40. The zero-order valence-corrected chi connectivity index (χ0v) is 14.3. The van der Waals surface area contributed by atoms with Crippen LogP contribution in [0.3, 0.4) is 0 Å². The van der Waals surface area contributed by atoms with E-state index in [2.05, 4.69) is 21.2 Å². The Balaban J connectivity index is 1.99. The molecule has 1 aromatic carbocycles. The normalized spacial score (nSPS) is 12.5. The lowest BCUT2D eigenvalue weighted by Crippen LogP contribution is -2.37. The summed E-state index contributed by atoms with van der Waals surface area (Å²) < 4.78 is 6.79. The maximum atomic E-state index is 11.2. The number of halogens is 1. The second kappa shape index (κ2) is 7.61. The molecule has 0 aliphatic heterocycles. The van der Waals surface area contributed by atoms with Gasteiger partial charge in [0.15, 0.2) is 0 Å². The Morgan fingerprint density at radius 1 is 1.23 bits per heavy atom. The summed E-state index contributed by atoms with van der Waals surface area (Å²) in [5.41, 5.74) is 0.992. The van der Waals surface area contributed by atoms with Gasteiger partial charge in [-0.1, -0.05) is 41.9 Å². The standard InChI is InChI=1S/C17H20BrNO3/c1-11(2)9-15(17(20)21)19-10-14-7-8-16(22-14)12-3-5-13(18)6-4-12/h3-8,11,15,19H,9-10H2,1-2H3,(H,20,21)/t15-/m0/s1. The molecular formula is C17H20BrNO3. The molecule has 2 rings (SSSR count). The molecule has 0 saturated heterocycles. The molecule has 0 bridgehead atoms. The van der Waals surface area contributed by atoms with Gasteiger partial charge in [0.05, 0.1) is 6.54 Å². The smallest absolute Gasteiger partial charge is 0.320 e. The van der Waals surface area contributed by atoms with E-state index in [0.29, 0.717) is 18.9 Å². The highest BCUT2D eigenvalue weighted by molar-refractivity contribution is 9.10. The van der Waals surface area contributed by atoms with Gasteiger partial charge in [-0.2, -0.15) is 0 Å². The van der Waals surface area contributed by atoms with Crippen molar-refractivity contribution in [1.82, 2.24) is 5.32 Å². The van der Waals surface area contributed by atoms with Crippen LogP contribution >= 0.6 is 15.9 Å². The predicted molar refractivity (Wildman–Crippen MR) is 89.6 cm³/mol. The summed E-state index contributed by atoms with van der Waals surface area (Å²) in [6, 6.07) is 11.1. The van der Waals surface area contributed by atoms with E-state index >= 15 is 0 Å². The van der Waals surface area contributed by atoms with E-state index in [-0.39, 0.29) is 0 Å². The fourth-order valence-electron chi connectivity index (χ4n) is 2.21. The number of carboxylic acids is 1. The number of benzene rings is 1. The van der Waals surface area contributed by atoms with Crippen LogP contribution in [0.4, 0.5) is 0 Å². The van der Waals surface area contributed by atoms with Gasteiger partial charge in [-0.25, -0.2) is 0 Å². The van der Waals surface area contributed by atoms with Crippen LogP contribution < -0.4 is 5.32 Å². The molecule has 2 N–H and O–H groups in total. The minimum Gasteiger partial charge on any atom is -0.480 e. The Morgan fingerprint density at radius 2 is 1.91 bits per heavy atom. The minimum atomic E-state index is -0.826. The average molecular weight is 366 g/mol. The van der Waals surface area contributed by atoms with Crippen LogP contribution in [0.2, 0.25) is 0 Å². The molecule has 22 heavy (non-hydrogen) atoms. The summed E-state index contributed by atoms with van der Waals surface area (Å²) in [4.78, 5) is 11.2. The van der Waals surface area contributed by atoms with Crippen LogP contribution in [0.1, 0.15) is 26.0 Å². The van der Waals surface area contributed by atoms with E-state index in [1.807, 2.05) is 50.2 Å².